The van der Waals surface area contributed by atoms with Crippen LogP contribution in [0.25, 0.3) is 0 Å². The number of amides is 1. The minimum atomic E-state index is -4.45. The van der Waals surface area contributed by atoms with Gasteiger partial charge in [-0.3, -0.25) is 4.79 Å². The van der Waals surface area contributed by atoms with Gasteiger partial charge in [-0.05, 0) is 55.2 Å². The van der Waals surface area contributed by atoms with Crippen molar-refractivity contribution in [2.75, 3.05) is 6.61 Å². The van der Waals surface area contributed by atoms with Crippen molar-refractivity contribution in [3.63, 3.8) is 0 Å². The summed E-state index contributed by atoms with van der Waals surface area (Å²) < 4.78 is 43.3. The second kappa shape index (κ2) is 8.25. The van der Waals surface area contributed by atoms with Gasteiger partial charge in [0.2, 0.25) is 0 Å². The van der Waals surface area contributed by atoms with E-state index in [-0.39, 0.29) is 24.3 Å². The maximum Gasteiger partial charge on any atom is 0.416 e. The lowest BCUT2D eigenvalue weighted by molar-refractivity contribution is -0.137. The van der Waals surface area contributed by atoms with E-state index in [1.54, 1.807) is 0 Å². The van der Waals surface area contributed by atoms with E-state index in [1.165, 1.54) is 17.7 Å². The largest absolute Gasteiger partial charge is 0.484 e. The van der Waals surface area contributed by atoms with Crippen molar-refractivity contribution in [2.45, 2.75) is 39.4 Å². The third kappa shape index (κ3) is 5.25. The van der Waals surface area contributed by atoms with Crippen LogP contribution in [0.4, 0.5) is 13.2 Å². The number of carbonyl (C=O) groups excluding carboxylic acids is 1. The third-order valence-electron chi connectivity index (χ3n) is 4.21. The van der Waals surface area contributed by atoms with Crippen LogP contribution in [0.2, 0.25) is 0 Å². The van der Waals surface area contributed by atoms with Crippen molar-refractivity contribution in [1.82, 2.24) is 5.32 Å². The summed E-state index contributed by atoms with van der Waals surface area (Å²) in [5.41, 5.74) is 2.48. The first-order chi connectivity index (χ1) is 12.2. The van der Waals surface area contributed by atoms with E-state index >= 15 is 0 Å². The normalized spacial score (nSPS) is 12.5. The van der Waals surface area contributed by atoms with Gasteiger partial charge in [0, 0.05) is 0 Å². The standard InChI is InChI=1S/C20H22F3NO2/c1-4-18(15-9-8-13(2)14(3)10-15)24-19(25)12-26-17-7-5-6-16(11-17)20(21,22)23/h5-11,18H,4,12H2,1-3H3,(H,24,25)/t18-/m0/s1. The Hall–Kier alpha value is -2.50. The van der Waals surface area contributed by atoms with Crippen molar-refractivity contribution in [3.05, 3.63) is 64.7 Å². The number of halogens is 3. The highest BCUT2D eigenvalue weighted by molar-refractivity contribution is 5.78. The number of ether oxygens (including phenoxy) is 1. The Morgan fingerprint density at radius 2 is 1.85 bits per heavy atom. The minimum Gasteiger partial charge on any atom is -0.484 e. The van der Waals surface area contributed by atoms with Gasteiger partial charge in [-0.1, -0.05) is 31.2 Å². The first kappa shape index (κ1) is 19.8. The van der Waals surface area contributed by atoms with Crippen LogP contribution >= 0.6 is 0 Å². The zero-order valence-electron chi connectivity index (χ0n) is 15.0. The first-order valence-electron chi connectivity index (χ1n) is 8.37. The van der Waals surface area contributed by atoms with E-state index in [0.717, 1.165) is 23.3 Å². The van der Waals surface area contributed by atoms with Crippen LogP contribution < -0.4 is 10.1 Å². The van der Waals surface area contributed by atoms with E-state index in [0.29, 0.717) is 6.42 Å². The van der Waals surface area contributed by atoms with Crippen molar-refractivity contribution in [2.24, 2.45) is 0 Å². The molecule has 0 aromatic heterocycles. The summed E-state index contributed by atoms with van der Waals surface area (Å²) in [5, 5.41) is 2.86. The lowest BCUT2D eigenvalue weighted by atomic mass is 9.99. The highest BCUT2D eigenvalue weighted by atomic mass is 19.4. The molecule has 2 aromatic carbocycles. The van der Waals surface area contributed by atoms with E-state index in [4.69, 9.17) is 4.74 Å². The third-order valence-corrected chi connectivity index (χ3v) is 4.21. The molecule has 26 heavy (non-hydrogen) atoms. The number of hydrogen-bond acceptors (Lipinski definition) is 2. The van der Waals surface area contributed by atoms with Gasteiger partial charge in [0.1, 0.15) is 5.75 Å². The number of aryl methyl sites for hydroxylation is 2. The van der Waals surface area contributed by atoms with Crippen molar-refractivity contribution >= 4 is 5.91 Å². The molecule has 1 atom stereocenters. The molecule has 0 saturated carbocycles. The highest BCUT2D eigenvalue weighted by Gasteiger charge is 2.30. The molecule has 0 aliphatic rings. The van der Waals surface area contributed by atoms with Gasteiger partial charge in [-0.25, -0.2) is 0 Å². The molecule has 0 bridgehead atoms. The molecule has 6 heteroatoms. The SMILES string of the molecule is CC[C@H](NC(=O)COc1cccc(C(F)(F)F)c1)c1ccc(C)c(C)c1. The molecule has 0 aliphatic carbocycles. The molecule has 0 spiro atoms. The Balaban J connectivity index is 1.98. The van der Waals surface area contributed by atoms with E-state index in [9.17, 15) is 18.0 Å². The molecular weight excluding hydrogens is 343 g/mol. The Labute approximate surface area is 151 Å². The molecule has 2 aromatic rings. The first-order valence-corrected chi connectivity index (χ1v) is 8.37. The predicted molar refractivity (Wildman–Crippen MR) is 94.0 cm³/mol. The van der Waals surface area contributed by atoms with Gasteiger partial charge >= 0.3 is 6.18 Å². The van der Waals surface area contributed by atoms with Crippen molar-refractivity contribution in [3.8, 4) is 5.75 Å². The lowest BCUT2D eigenvalue weighted by Crippen LogP contribution is -2.32. The average molecular weight is 365 g/mol. The molecule has 3 nitrogen and oxygen atoms in total. The molecule has 0 saturated heterocycles. The monoisotopic (exact) mass is 365 g/mol. The van der Waals surface area contributed by atoms with Gasteiger partial charge in [0.25, 0.3) is 5.91 Å². The van der Waals surface area contributed by atoms with Gasteiger partial charge in [0.05, 0.1) is 11.6 Å². The quantitative estimate of drug-likeness (QED) is 0.785. The second-order valence-corrected chi connectivity index (χ2v) is 6.19. The van der Waals surface area contributed by atoms with Gasteiger partial charge in [0.15, 0.2) is 6.61 Å². The summed E-state index contributed by atoms with van der Waals surface area (Å²) in [5.74, 6) is -0.373. The molecule has 0 aliphatic heterocycles. The average Bonchev–Trinajstić information content (AvgIpc) is 2.60. The molecule has 1 N–H and O–H groups in total. The summed E-state index contributed by atoms with van der Waals surface area (Å²) in [7, 11) is 0. The molecule has 0 fully saturated rings. The smallest absolute Gasteiger partial charge is 0.416 e. The number of benzene rings is 2. The summed E-state index contributed by atoms with van der Waals surface area (Å²) in [4.78, 5) is 12.1. The maximum atomic E-state index is 12.7. The molecule has 0 heterocycles. The zero-order valence-corrected chi connectivity index (χ0v) is 15.0. The fraction of sp³-hybridized carbons (Fsp3) is 0.350. The Bertz CT molecular complexity index is 772. The lowest BCUT2D eigenvalue weighted by Gasteiger charge is -2.19. The van der Waals surface area contributed by atoms with E-state index in [2.05, 4.69) is 5.32 Å². The summed E-state index contributed by atoms with van der Waals surface area (Å²) in [6.07, 6.45) is -3.75. The van der Waals surface area contributed by atoms with Gasteiger partial charge < -0.3 is 10.1 Å². The molecule has 140 valence electrons. The van der Waals surface area contributed by atoms with E-state index in [1.807, 2.05) is 39.0 Å². The fourth-order valence-electron chi connectivity index (χ4n) is 2.55. The van der Waals surface area contributed by atoms with Crippen LogP contribution in [0.15, 0.2) is 42.5 Å². The van der Waals surface area contributed by atoms with Gasteiger partial charge in [-0.15, -0.1) is 0 Å². The molecule has 0 radical (unpaired) electrons. The zero-order chi connectivity index (χ0) is 19.3. The van der Waals surface area contributed by atoms with Crippen LogP contribution in [0.5, 0.6) is 5.75 Å². The number of carbonyl (C=O) groups is 1. The number of nitrogens with one attached hydrogen (secondary N) is 1. The molecule has 2 rings (SSSR count). The van der Waals surface area contributed by atoms with Crippen LogP contribution in [-0.4, -0.2) is 12.5 Å². The second-order valence-electron chi connectivity index (χ2n) is 6.19. The van der Waals surface area contributed by atoms with Crippen LogP contribution in [-0.2, 0) is 11.0 Å². The predicted octanol–water partition coefficient (Wildman–Crippen LogP) is 4.97. The Kier molecular flexibility index (Phi) is 6.29. The Morgan fingerprint density at radius 3 is 2.46 bits per heavy atom. The minimum absolute atomic E-state index is 0.00852. The van der Waals surface area contributed by atoms with Gasteiger partial charge in [-0.2, -0.15) is 13.2 Å². The number of hydrogen-bond donors (Lipinski definition) is 1. The van der Waals surface area contributed by atoms with Crippen LogP contribution in [0, 0.1) is 13.8 Å². The van der Waals surface area contributed by atoms with Crippen LogP contribution in [0.3, 0.4) is 0 Å². The topological polar surface area (TPSA) is 38.3 Å². The molecule has 0 unspecified atom stereocenters. The van der Waals surface area contributed by atoms with E-state index < -0.39 is 11.7 Å². The maximum absolute atomic E-state index is 12.7. The highest BCUT2D eigenvalue weighted by Crippen LogP contribution is 2.31. The number of rotatable bonds is 6. The molecule has 1 amide bonds. The Morgan fingerprint density at radius 1 is 1.12 bits per heavy atom. The van der Waals surface area contributed by atoms with Crippen LogP contribution in [0.1, 0.15) is 41.6 Å². The molecular formula is C20H22F3NO2. The van der Waals surface area contributed by atoms with Crippen molar-refractivity contribution < 1.29 is 22.7 Å². The summed E-state index contributed by atoms with van der Waals surface area (Å²) in [6, 6.07) is 10.3. The van der Waals surface area contributed by atoms with Crippen molar-refractivity contribution in [1.29, 1.82) is 0 Å². The summed E-state index contributed by atoms with van der Waals surface area (Å²) in [6.45, 7) is 5.63. The number of alkyl halides is 3. The fourth-order valence-corrected chi connectivity index (χ4v) is 2.55. The summed E-state index contributed by atoms with van der Waals surface area (Å²) >= 11 is 0.